The van der Waals surface area contributed by atoms with Crippen LogP contribution in [0.2, 0.25) is 0 Å². The van der Waals surface area contributed by atoms with E-state index in [1.54, 1.807) is 0 Å². The van der Waals surface area contributed by atoms with Crippen molar-refractivity contribution < 1.29 is 14.7 Å². The minimum atomic E-state index is 0.505. The van der Waals surface area contributed by atoms with E-state index in [9.17, 15) is 0 Å². The maximum atomic E-state index is 9.06. The van der Waals surface area contributed by atoms with Crippen LogP contribution < -0.4 is 4.74 Å². The van der Waals surface area contributed by atoms with Gasteiger partial charge in [-0.1, -0.05) is 17.3 Å². The first kappa shape index (κ1) is 12.5. The van der Waals surface area contributed by atoms with Gasteiger partial charge in [-0.3, -0.25) is 0 Å². The van der Waals surface area contributed by atoms with Crippen molar-refractivity contribution in [3.05, 3.63) is 29.3 Å². The Morgan fingerprint density at radius 3 is 3.11 bits per heavy atom. The summed E-state index contributed by atoms with van der Waals surface area (Å²) >= 11 is 0. The number of rotatable bonds is 3. The van der Waals surface area contributed by atoms with Crippen LogP contribution in [0.4, 0.5) is 0 Å². The summed E-state index contributed by atoms with van der Waals surface area (Å²) in [7, 11) is 0. The van der Waals surface area contributed by atoms with Crippen LogP contribution in [-0.4, -0.2) is 30.7 Å². The number of oxime groups is 1. The zero-order valence-corrected chi connectivity index (χ0v) is 11.0. The maximum absolute atomic E-state index is 9.06. The third-order valence-corrected chi connectivity index (χ3v) is 3.90. The minimum absolute atomic E-state index is 0.505. The molecular weight excluding hydrogens is 242 g/mol. The summed E-state index contributed by atoms with van der Waals surface area (Å²) in [4.78, 5) is 0. The molecule has 0 radical (unpaired) electrons. The lowest BCUT2D eigenvalue weighted by Crippen LogP contribution is -2.16. The Bertz CT molecular complexity index is 478. The highest BCUT2D eigenvalue weighted by molar-refractivity contribution is 6.02. The molecule has 1 aromatic rings. The fourth-order valence-electron chi connectivity index (χ4n) is 2.82. The number of hydrogen-bond donors (Lipinski definition) is 1. The van der Waals surface area contributed by atoms with Crippen LogP contribution in [-0.2, 0) is 11.2 Å². The Labute approximate surface area is 113 Å². The van der Waals surface area contributed by atoms with Gasteiger partial charge in [-0.15, -0.1) is 0 Å². The topological polar surface area (TPSA) is 51.1 Å². The average Bonchev–Trinajstić information content (AvgIpc) is 2.97. The van der Waals surface area contributed by atoms with Crippen molar-refractivity contribution in [2.45, 2.75) is 25.7 Å². The molecule has 102 valence electrons. The largest absolute Gasteiger partial charge is 0.493 e. The first-order valence-corrected chi connectivity index (χ1v) is 6.92. The summed E-state index contributed by atoms with van der Waals surface area (Å²) in [6.45, 7) is 2.36. The van der Waals surface area contributed by atoms with Gasteiger partial charge in [-0.25, -0.2) is 0 Å². The molecule has 2 aliphatic rings. The fourth-order valence-corrected chi connectivity index (χ4v) is 2.82. The molecule has 1 unspecified atom stereocenters. The third kappa shape index (κ3) is 2.59. The highest BCUT2D eigenvalue weighted by Gasteiger charge is 2.21. The van der Waals surface area contributed by atoms with Crippen molar-refractivity contribution in [1.29, 1.82) is 0 Å². The van der Waals surface area contributed by atoms with Crippen LogP contribution in [0.3, 0.4) is 0 Å². The molecule has 0 saturated carbocycles. The van der Waals surface area contributed by atoms with Crippen LogP contribution >= 0.6 is 0 Å². The summed E-state index contributed by atoms with van der Waals surface area (Å²) in [6.07, 6.45) is 3.92. The monoisotopic (exact) mass is 261 g/mol. The summed E-state index contributed by atoms with van der Waals surface area (Å²) in [5.41, 5.74) is 2.99. The maximum Gasteiger partial charge on any atom is 0.123 e. The van der Waals surface area contributed by atoms with Crippen molar-refractivity contribution in [2.75, 3.05) is 19.8 Å². The van der Waals surface area contributed by atoms with E-state index in [0.29, 0.717) is 12.5 Å². The van der Waals surface area contributed by atoms with Gasteiger partial charge in [0.25, 0.3) is 0 Å². The van der Waals surface area contributed by atoms with Gasteiger partial charge in [0.15, 0.2) is 0 Å². The normalized spacial score (nSPS) is 24.4. The Kier molecular flexibility index (Phi) is 3.69. The zero-order chi connectivity index (χ0) is 13.1. The van der Waals surface area contributed by atoms with E-state index in [4.69, 9.17) is 14.7 Å². The molecule has 1 aliphatic carbocycles. The number of benzene rings is 1. The number of hydrogen-bond acceptors (Lipinski definition) is 4. The van der Waals surface area contributed by atoms with Gasteiger partial charge >= 0.3 is 0 Å². The van der Waals surface area contributed by atoms with Crippen LogP contribution in [0.15, 0.2) is 23.4 Å². The van der Waals surface area contributed by atoms with Crippen molar-refractivity contribution in [3.63, 3.8) is 0 Å². The molecule has 1 heterocycles. The molecule has 1 atom stereocenters. The second kappa shape index (κ2) is 5.61. The van der Waals surface area contributed by atoms with E-state index < -0.39 is 0 Å². The molecular formula is C15H19NO3. The zero-order valence-electron chi connectivity index (χ0n) is 11.0. The van der Waals surface area contributed by atoms with Crippen molar-refractivity contribution >= 4 is 5.71 Å². The molecule has 1 fully saturated rings. The van der Waals surface area contributed by atoms with Crippen molar-refractivity contribution in [1.82, 2.24) is 0 Å². The lowest BCUT2D eigenvalue weighted by molar-refractivity contribution is 0.166. The second-order valence-corrected chi connectivity index (χ2v) is 5.22. The lowest BCUT2D eigenvalue weighted by Gasteiger charge is -2.21. The average molecular weight is 261 g/mol. The SMILES string of the molecule is ON=C1CCCc2c(OCC3CCOC3)cccc21. The second-order valence-electron chi connectivity index (χ2n) is 5.22. The predicted molar refractivity (Wildman–Crippen MR) is 72.1 cm³/mol. The molecule has 1 saturated heterocycles. The van der Waals surface area contributed by atoms with Crippen molar-refractivity contribution in [3.8, 4) is 5.75 Å². The molecule has 4 nitrogen and oxygen atoms in total. The number of nitrogens with zero attached hydrogens (tertiary/aromatic N) is 1. The quantitative estimate of drug-likeness (QED) is 0.672. The lowest BCUT2D eigenvalue weighted by atomic mass is 9.89. The van der Waals surface area contributed by atoms with E-state index in [-0.39, 0.29) is 0 Å². The first-order valence-electron chi connectivity index (χ1n) is 6.92. The number of ether oxygens (including phenoxy) is 2. The Morgan fingerprint density at radius 2 is 2.32 bits per heavy atom. The molecule has 3 rings (SSSR count). The van der Waals surface area contributed by atoms with E-state index in [1.807, 2.05) is 18.2 Å². The Balaban J connectivity index is 1.78. The molecule has 0 aromatic heterocycles. The molecule has 0 amide bonds. The Morgan fingerprint density at radius 1 is 1.37 bits per heavy atom. The summed E-state index contributed by atoms with van der Waals surface area (Å²) in [5, 5.41) is 12.5. The van der Waals surface area contributed by atoms with Crippen LogP contribution in [0.1, 0.15) is 30.4 Å². The van der Waals surface area contributed by atoms with Gasteiger partial charge in [0.05, 0.1) is 18.9 Å². The summed E-state index contributed by atoms with van der Waals surface area (Å²) in [5.74, 6) is 1.44. The molecule has 0 spiro atoms. The molecule has 1 aliphatic heterocycles. The summed E-state index contributed by atoms with van der Waals surface area (Å²) < 4.78 is 11.3. The fraction of sp³-hybridized carbons (Fsp3) is 0.533. The number of fused-ring (bicyclic) bond motifs is 1. The van der Waals surface area contributed by atoms with Gasteiger partial charge in [-0.05, 0) is 31.7 Å². The standard InChI is InChI=1S/C15H19NO3/c17-16-14-5-1-4-13-12(14)3-2-6-15(13)19-10-11-7-8-18-9-11/h2-3,6,11,17H,1,4-5,7-10H2. The van der Waals surface area contributed by atoms with Crippen LogP contribution in [0.5, 0.6) is 5.75 Å². The van der Waals surface area contributed by atoms with Crippen LogP contribution in [0, 0.1) is 5.92 Å². The molecule has 1 N–H and O–H groups in total. The van der Waals surface area contributed by atoms with Crippen LogP contribution in [0.25, 0.3) is 0 Å². The van der Waals surface area contributed by atoms with Crippen molar-refractivity contribution in [2.24, 2.45) is 11.1 Å². The van der Waals surface area contributed by atoms with E-state index in [2.05, 4.69) is 5.16 Å². The summed E-state index contributed by atoms with van der Waals surface area (Å²) in [6, 6.07) is 5.99. The van der Waals surface area contributed by atoms with E-state index in [1.165, 1.54) is 5.56 Å². The third-order valence-electron chi connectivity index (χ3n) is 3.90. The van der Waals surface area contributed by atoms with Gasteiger partial charge < -0.3 is 14.7 Å². The van der Waals surface area contributed by atoms with Gasteiger partial charge in [-0.2, -0.15) is 0 Å². The highest BCUT2D eigenvalue weighted by Crippen LogP contribution is 2.30. The molecule has 0 bridgehead atoms. The molecule has 19 heavy (non-hydrogen) atoms. The van der Waals surface area contributed by atoms with Gasteiger partial charge in [0, 0.05) is 23.7 Å². The Hall–Kier alpha value is -1.55. The molecule has 1 aromatic carbocycles. The van der Waals surface area contributed by atoms with Gasteiger partial charge in [0.2, 0.25) is 0 Å². The van der Waals surface area contributed by atoms with E-state index >= 15 is 0 Å². The van der Waals surface area contributed by atoms with Gasteiger partial charge in [0.1, 0.15) is 5.75 Å². The predicted octanol–water partition coefficient (Wildman–Crippen LogP) is 2.62. The highest BCUT2D eigenvalue weighted by atomic mass is 16.5. The first-order chi connectivity index (χ1) is 9.38. The minimum Gasteiger partial charge on any atom is -0.493 e. The molecule has 4 heteroatoms. The van der Waals surface area contributed by atoms with E-state index in [0.717, 1.165) is 55.9 Å². The smallest absolute Gasteiger partial charge is 0.123 e.